The summed E-state index contributed by atoms with van der Waals surface area (Å²) < 4.78 is 0. The van der Waals surface area contributed by atoms with Gasteiger partial charge in [0.1, 0.15) is 0 Å². The molecule has 0 bridgehead atoms. The van der Waals surface area contributed by atoms with Crippen LogP contribution in [0, 0.1) is 0 Å². The van der Waals surface area contributed by atoms with Crippen molar-refractivity contribution in [2.75, 3.05) is 0 Å². The summed E-state index contributed by atoms with van der Waals surface area (Å²) in [6.45, 7) is 0. The van der Waals surface area contributed by atoms with Crippen molar-refractivity contribution in [2.24, 2.45) is 0 Å². The predicted molar refractivity (Wildman–Crippen MR) is 69.9 cm³/mol. The van der Waals surface area contributed by atoms with Crippen LogP contribution in [-0.2, 0) is 21.7 Å². The van der Waals surface area contributed by atoms with E-state index in [1.807, 2.05) is 0 Å². The Kier molecular flexibility index (Phi) is 138. The minimum absolute atomic E-state index is 0. The first kappa shape index (κ1) is 29.7. The molecule has 0 aliphatic rings. The van der Waals surface area contributed by atoms with E-state index in [1.165, 1.54) is 0 Å². The van der Waals surface area contributed by atoms with Gasteiger partial charge >= 0.3 is 109 Å². The molecule has 0 atom stereocenters. The van der Waals surface area contributed by atoms with Crippen LogP contribution in [0.4, 0.5) is 0 Å². The normalized spacial score (nSPS) is 5.54. The van der Waals surface area contributed by atoms with E-state index in [4.69, 9.17) is 0 Å². The molecule has 0 saturated heterocycles. The minimum atomic E-state index is 0. The van der Waals surface area contributed by atoms with Gasteiger partial charge in [0.25, 0.3) is 0 Å². The monoisotopic (exact) mass is 468 g/mol. The molecule has 0 nitrogen and oxygen atoms in total. The zero-order valence-corrected chi connectivity index (χ0v) is 19.4. The van der Waals surface area contributed by atoms with Crippen LogP contribution in [0.2, 0.25) is 45.7 Å². The van der Waals surface area contributed by atoms with Crippen LogP contribution >= 0.6 is 0 Å². The average molecular weight is 468 g/mol. The molecule has 80 valence electrons. The first-order chi connectivity index (χ1) is 5.66. The van der Waals surface area contributed by atoms with Crippen molar-refractivity contribution in [3.8, 4) is 0 Å². The Balaban J connectivity index is -0.0000000213. The number of rotatable bonds is 0. The van der Waals surface area contributed by atoms with Crippen molar-refractivity contribution >= 4 is 63.0 Å². The topological polar surface area (TPSA) is 0 Å². The largest absolute Gasteiger partial charge is 0 e. The average Bonchev–Trinajstić information content (AvgIpc) is 1.92. The van der Waals surface area contributed by atoms with Crippen LogP contribution in [0.3, 0.4) is 0 Å². The van der Waals surface area contributed by atoms with Gasteiger partial charge in [0.2, 0.25) is 0 Å². The van der Waals surface area contributed by atoms with Crippen molar-refractivity contribution in [3.05, 3.63) is 0 Å². The van der Waals surface area contributed by atoms with E-state index in [2.05, 4.69) is 45.7 Å². The second kappa shape index (κ2) is 60.2. The van der Waals surface area contributed by atoms with Crippen molar-refractivity contribution in [1.82, 2.24) is 0 Å². The molecule has 0 heterocycles. The number of hydrogen-bond donors (Lipinski definition) is 0. The zero-order valence-electron chi connectivity index (χ0n) is 10.3. The maximum atomic E-state index is 2.22. The summed E-state index contributed by atoms with van der Waals surface area (Å²) in [5, 5.41) is 0. The third-order valence-corrected chi connectivity index (χ3v) is 0. The van der Waals surface area contributed by atoms with E-state index in [9.17, 15) is 0 Å². The maximum Gasteiger partial charge on any atom is 0 e. The minimum Gasteiger partial charge on any atom is 0 e. The van der Waals surface area contributed by atoms with Gasteiger partial charge in [0.05, 0.1) is 0 Å². The summed E-state index contributed by atoms with van der Waals surface area (Å²) in [6, 6.07) is 0. The Hall–Kier alpha value is 2.95. The van der Waals surface area contributed by atoms with Crippen LogP contribution in [0.5, 0.6) is 0 Å². The molecule has 0 aliphatic heterocycles. The van der Waals surface area contributed by atoms with Crippen molar-refractivity contribution in [1.29, 1.82) is 0 Å². The van der Waals surface area contributed by atoms with Gasteiger partial charge < -0.3 is 0 Å². The van der Waals surface area contributed by atoms with Gasteiger partial charge in [-0.15, -0.1) is 0 Å². The second-order valence-electron chi connectivity index (χ2n) is 1.79. The molecule has 0 aromatic carbocycles. The molecular weight excluding hydrogens is 444 g/mol. The molecule has 13 heavy (non-hydrogen) atoms. The van der Waals surface area contributed by atoms with Crippen LogP contribution in [0.25, 0.3) is 0 Å². The van der Waals surface area contributed by atoms with E-state index < -0.39 is 0 Å². The van der Waals surface area contributed by atoms with Gasteiger partial charge in [-0.2, -0.15) is 0 Å². The Labute approximate surface area is 129 Å². The van der Waals surface area contributed by atoms with Gasteiger partial charge in [-0.3, -0.25) is 0 Å². The molecule has 0 fully saturated rings. The van der Waals surface area contributed by atoms with Crippen molar-refractivity contribution < 1.29 is 21.7 Å². The van der Waals surface area contributed by atoms with Gasteiger partial charge in [0, 0.05) is 21.7 Å². The molecule has 0 saturated carbocycles. The summed E-state index contributed by atoms with van der Waals surface area (Å²) in [5.74, 6) is 0. The third kappa shape index (κ3) is 288. The second-order valence-corrected chi connectivity index (χ2v) is 9.30. The molecule has 4 radical (unpaired) electrons. The fourth-order valence-electron chi connectivity index (χ4n) is 0. The molecule has 5 heteroatoms. The van der Waals surface area contributed by atoms with Gasteiger partial charge in [-0.25, -0.2) is 0 Å². The summed E-state index contributed by atoms with van der Waals surface area (Å²) in [5.41, 5.74) is 17.8. The number of hydrogen-bond acceptors (Lipinski definition) is 0. The summed E-state index contributed by atoms with van der Waals surface area (Å²) in [7, 11) is 0. The van der Waals surface area contributed by atoms with Gasteiger partial charge in [0.15, 0.2) is 0 Å². The van der Waals surface area contributed by atoms with Crippen molar-refractivity contribution in [3.63, 3.8) is 0 Å². The summed E-state index contributed by atoms with van der Waals surface area (Å²) in [4.78, 5) is 0. The third-order valence-electron chi connectivity index (χ3n) is 0. The molecule has 0 amide bonds. The molecule has 0 rings (SSSR count). The van der Waals surface area contributed by atoms with Crippen molar-refractivity contribution in [2.45, 2.75) is 45.7 Å². The molecule has 0 aliphatic carbocycles. The molecule has 0 aromatic rings. The molecule has 0 N–H and O–H groups in total. The van der Waals surface area contributed by atoms with Crippen LogP contribution in [0.15, 0.2) is 0 Å². The predicted octanol–water partition coefficient (Wildman–Crippen LogP) is 3.14. The van der Waals surface area contributed by atoms with Crippen LogP contribution in [-0.4, -0.2) is 63.0 Å². The van der Waals surface area contributed by atoms with E-state index in [-0.39, 0.29) is 21.7 Å². The SMILES string of the molecule is C[As]C.C[As]C.C[As]C.C[As]C.[Ti]. The Morgan fingerprint density at radius 2 is 0.385 bits per heavy atom. The molecule has 0 spiro atoms. The molecular formula is C8H24As4Ti. The van der Waals surface area contributed by atoms with Crippen LogP contribution < -0.4 is 0 Å². The first-order valence-corrected chi connectivity index (χ1v) is 18.6. The van der Waals surface area contributed by atoms with E-state index in [1.54, 1.807) is 0 Å². The van der Waals surface area contributed by atoms with Crippen LogP contribution in [0.1, 0.15) is 0 Å². The van der Waals surface area contributed by atoms with E-state index in [0.717, 1.165) is 0 Å². The maximum absolute atomic E-state index is 2.22. The van der Waals surface area contributed by atoms with Gasteiger partial charge in [-0.1, -0.05) is 0 Å². The Morgan fingerprint density at radius 3 is 0.385 bits per heavy atom. The Bertz CT molecular complexity index is 24.1. The zero-order chi connectivity index (χ0) is 10.8. The molecule has 0 unspecified atom stereocenters. The fourth-order valence-corrected chi connectivity index (χ4v) is 0. The summed E-state index contributed by atoms with van der Waals surface area (Å²) in [6.07, 6.45) is 0. The molecule has 0 aromatic heterocycles. The Morgan fingerprint density at radius 1 is 0.385 bits per heavy atom. The first-order valence-electron chi connectivity index (χ1n) is 3.58. The van der Waals surface area contributed by atoms with E-state index in [0.29, 0.717) is 63.0 Å². The quantitative estimate of drug-likeness (QED) is 0.480. The van der Waals surface area contributed by atoms with E-state index >= 15 is 0 Å². The standard InChI is InChI=1S/4C2H6As.Ti/c4*1-3-2;/h4*1-2H3;. The summed E-state index contributed by atoms with van der Waals surface area (Å²) >= 11 is 2.75. The van der Waals surface area contributed by atoms with Gasteiger partial charge in [-0.05, 0) is 0 Å². The fraction of sp³-hybridized carbons (Fsp3) is 1.00. The smallest absolute Gasteiger partial charge is 0 e.